The van der Waals surface area contributed by atoms with Gasteiger partial charge in [-0.05, 0) is 80.3 Å². The number of anilines is 6. The minimum Gasteiger partial charge on any atom is -0.308 e. The maximum Gasteiger partial charge on any atom is 0.0781 e. The second-order valence-electron chi connectivity index (χ2n) is 13.7. The summed E-state index contributed by atoms with van der Waals surface area (Å²) in [6.45, 7) is 0. The first-order valence-electron chi connectivity index (χ1n) is 18.5. The fourth-order valence-corrected chi connectivity index (χ4v) is 8.19. The molecule has 0 aromatic heterocycles. The Balaban J connectivity index is 1.37. The summed E-state index contributed by atoms with van der Waals surface area (Å²) in [5.74, 6) is 0. The highest BCUT2D eigenvalue weighted by Crippen LogP contribution is 2.53. The van der Waals surface area contributed by atoms with E-state index in [1.165, 1.54) is 43.1 Å². The van der Waals surface area contributed by atoms with E-state index in [9.17, 15) is 0 Å². The van der Waals surface area contributed by atoms with Crippen molar-refractivity contribution in [1.82, 2.24) is 0 Å². The summed E-state index contributed by atoms with van der Waals surface area (Å²) < 4.78 is 0. The van der Waals surface area contributed by atoms with Crippen LogP contribution >= 0.6 is 0 Å². The summed E-state index contributed by atoms with van der Waals surface area (Å²) in [4.78, 5) is 4.96. The maximum atomic E-state index is 2.49. The highest BCUT2D eigenvalue weighted by atomic mass is 15.2. The van der Waals surface area contributed by atoms with Gasteiger partial charge in [0.15, 0.2) is 0 Å². The molecule has 2 nitrogen and oxygen atoms in total. The van der Waals surface area contributed by atoms with E-state index in [-0.39, 0.29) is 0 Å². The number of benzene rings is 10. The first kappa shape index (κ1) is 31.6. The van der Waals surface area contributed by atoms with Crippen LogP contribution in [0.3, 0.4) is 0 Å². The average molecular weight is 689 g/mol. The Bertz CT molecular complexity index is 2940. The van der Waals surface area contributed by atoms with Gasteiger partial charge in [-0.15, -0.1) is 0 Å². The zero-order valence-electron chi connectivity index (χ0n) is 29.7. The molecule has 0 unspecified atom stereocenters. The van der Waals surface area contributed by atoms with Gasteiger partial charge in [-0.25, -0.2) is 0 Å². The number of hydrogen-bond donors (Lipinski definition) is 0. The molecule has 0 radical (unpaired) electrons. The van der Waals surface area contributed by atoms with Crippen molar-refractivity contribution in [3.05, 3.63) is 218 Å². The highest BCUT2D eigenvalue weighted by Gasteiger charge is 2.28. The summed E-state index contributed by atoms with van der Waals surface area (Å²) in [7, 11) is 0. The van der Waals surface area contributed by atoms with E-state index < -0.39 is 0 Å². The Morgan fingerprint density at radius 3 is 1.20 bits per heavy atom. The summed E-state index contributed by atoms with van der Waals surface area (Å²) in [6.07, 6.45) is 0. The fourth-order valence-electron chi connectivity index (χ4n) is 8.19. The zero-order chi connectivity index (χ0) is 35.8. The lowest BCUT2D eigenvalue weighted by atomic mass is 9.95. The molecule has 10 rings (SSSR count). The van der Waals surface area contributed by atoms with Gasteiger partial charge in [0, 0.05) is 27.7 Å². The highest BCUT2D eigenvalue weighted by molar-refractivity contribution is 6.18. The number of fused-ring (bicyclic) bond motifs is 6. The molecule has 0 atom stereocenters. The molecule has 0 N–H and O–H groups in total. The molecule has 0 bridgehead atoms. The first-order chi connectivity index (χ1) is 26.8. The van der Waals surface area contributed by atoms with Gasteiger partial charge in [0.25, 0.3) is 0 Å². The van der Waals surface area contributed by atoms with E-state index >= 15 is 0 Å². The van der Waals surface area contributed by atoms with Gasteiger partial charge in [0.1, 0.15) is 0 Å². The van der Waals surface area contributed by atoms with Crippen LogP contribution in [0.2, 0.25) is 0 Å². The number of rotatable bonds is 7. The molecule has 0 aliphatic rings. The van der Waals surface area contributed by atoms with Crippen LogP contribution < -0.4 is 9.80 Å². The molecular weight excluding hydrogens is 653 g/mol. The van der Waals surface area contributed by atoms with E-state index in [2.05, 4.69) is 228 Å². The van der Waals surface area contributed by atoms with Crippen molar-refractivity contribution in [1.29, 1.82) is 0 Å². The van der Waals surface area contributed by atoms with Crippen LogP contribution in [0.4, 0.5) is 34.1 Å². The zero-order valence-corrected chi connectivity index (χ0v) is 29.7. The van der Waals surface area contributed by atoms with Crippen molar-refractivity contribution >= 4 is 77.2 Å². The molecule has 0 fully saturated rings. The van der Waals surface area contributed by atoms with E-state index in [4.69, 9.17) is 0 Å². The first-order valence-corrected chi connectivity index (χ1v) is 18.5. The number of para-hydroxylation sites is 3. The second kappa shape index (κ2) is 13.4. The van der Waals surface area contributed by atoms with Crippen molar-refractivity contribution in [3.63, 3.8) is 0 Å². The lowest BCUT2D eigenvalue weighted by molar-refractivity contribution is 1.24. The van der Waals surface area contributed by atoms with Crippen LogP contribution in [0, 0.1) is 0 Å². The van der Waals surface area contributed by atoms with E-state index in [1.807, 2.05) is 0 Å². The van der Waals surface area contributed by atoms with Crippen molar-refractivity contribution in [3.8, 4) is 11.1 Å². The van der Waals surface area contributed by atoms with Gasteiger partial charge < -0.3 is 9.80 Å². The SMILES string of the molecule is c1ccc(-c2cccc(N(c3ccccc3)c3cc4ccccc4c4ccccc34)c2N(c2ccccc2)c2cc3ccccc3c3ccccc23)cc1. The topological polar surface area (TPSA) is 6.48 Å². The van der Waals surface area contributed by atoms with Gasteiger partial charge in [-0.3, -0.25) is 0 Å². The predicted octanol–water partition coefficient (Wildman–Crippen LogP) is 14.9. The van der Waals surface area contributed by atoms with Gasteiger partial charge in [-0.2, -0.15) is 0 Å². The minimum absolute atomic E-state index is 1.07. The Labute approximate surface area is 315 Å². The van der Waals surface area contributed by atoms with Crippen molar-refractivity contribution in [2.75, 3.05) is 9.80 Å². The van der Waals surface area contributed by atoms with E-state index in [0.717, 1.165) is 45.3 Å². The summed E-state index contributed by atoms with van der Waals surface area (Å²) >= 11 is 0. The van der Waals surface area contributed by atoms with Crippen LogP contribution in [0.25, 0.3) is 54.2 Å². The molecule has 0 amide bonds. The molecule has 0 saturated heterocycles. The van der Waals surface area contributed by atoms with Crippen LogP contribution in [0.1, 0.15) is 0 Å². The van der Waals surface area contributed by atoms with Gasteiger partial charge in [-0.1, -0.05) is 176 Å². The molecule has 54 heavy (non-hydrogen) atoms. The predicted molar refractivity (Wildman–Crippen MR) is 231 cm³/mol. The largest absolute Gasteiger partial charge is 0.308 e. The third kappa shape index (κ3) is 5.36. The molecule has 0 aliphatic heterocycles. The normalized spacial score (nSPS) is 11.3. The second-order valence-corrected chi connectivity index (χ2v) is 13.7. The lowest BCUT2D eigenvalue weighted by Crippen LogP contribution is -2.18. The molecule has 2 heteroatoms. The van der Waals surface area contributed by atoms with Crippen molar-refractivity contribution < 1.29 is 0 Å². The quantitative estimate of drug-likeness (QED) is 0.154. The summed E-state index contributed by atoms with van der Waals surface area (Å²) in [5, 5.41) is 9.74. The number of hydrogen-bond acceptors (Lipinski definition) is 2. The molecular formula is C52H36N2. The van der Waals surface area contributed by atoms with E-state index in [1.54, 1.807) is 0 Å². The smallest absolute Gasteiger partial charge is 0.0781 e. The fraction of sp³-hybridized carbons (Fsp3) is 0. The van der Waals surface area contributed by atoms with Crippen LogP contribution in [-0.4, -0.2) is 0 Å². The molecule has 0 heterocycles. The lowest BCUT2D eigenvalue weighted by Gasteiger charge is -2.36. The average Bonchev–Trinajstić information content (AvgIpc) is 3.25. The molecule has 10 aromatic carbocycles. The summed E-state index contributed by atoms with van der Waals surface area (Å²) in [5.41, 5.74) is 8.87. The third-order valence-electron chi connectivity index (χ3n) is 10.6. The van der Waals surface area contributed by atoms with Crippen LogP contribution in [0.15, 0.2) is 218 Å². The Morgan fingerprint density at radius 2 is 0.667 bits per heavy atom. The number of nitrogens with zero attached hydrogens (tertiary/aromatic N) is 2. The third-order valence-corrected chi connectivity index (χ3v) is 10.6. The van der Waals surface area contributed by atoms with E-state index in [0.29, 0.717) is 0 Å². The van der Waals surface area contributed by atoms with Crippen molar-refractivity contribution in [2.45, 2.75) is 0 Å². The monoisotopic (exact) mass is 688 g/mol. The van der Waals surface area contributed by atoms with Gasteiger partial charge >= 0.3 is 0 Å². The Kier molecular flexibility index (Phi) is 7.85. The molecule has 0 spiro atoms. The molecule has 254 valence electrons. The van der Waals surface area contributed by atoms with Crippen LogP contribution in [0.5, 0.6) is 0 Å². The van der Waals surface area contributed by atoms with Crippen LogP contribution in [-0.2, 0) is 0 Å². The summed E-state index contributed by atoms with van der Waals surface area (Å²) in [6, 6.07) is 79.1. The molecule has 0 saturated carbocycles. The minimum atomic E-state index is 1.07. The van der Waals surface area contributed by atoms with Gasteiger partial charge in [0.05, 0.1) is 22.7 Å². The Morgan fingerprint density at radius 1 is 0.259 bits per heavy atom. The van der Waals surface area contributed by atoms with Crippen molar-refractivity contribution in [2.24, 2.45) is 0 Å². The Hall–Kier alpha value is -7.16. The van der Waals surface area contributed by atoms with Gasteiger partial charge in [0.2, 0.25) is 0 Å². The standard InChI is InChI=1S/C52H36N2/c1-4-19-37(20-5-1)44-33-18-34-49(53(40-23-6-2-7-24-40)50-35-38-21-10-12-27-42(38)45-29-14-16-31-47(45)50)52(44)54(41-25-8-3-9-26-41)51-36-39-22-11-13-28-43(39)46-30-15-17-32-48(46)51/h1-36H. The maximum absolute atomic E-state index is 2.49. The molecule has 10 aromatic rings. The molecule has 0 aliphatic carbocycles.